The molecule has 0 aromatic carbocycles. The summed E-state index contributed by atoms with van der Waals surface area (Å²) >= 11 is 0. The largest absolute Gasteiger partial charge is 0.462 e. The van der Waals surface area contributed by atoms with E-state index < -0.39 is 30.4 Å². The average Bonchev–Trinajstić information content (AvgIpc) is 3.24. The Balaban J connectivity index is 2.06. The minimum absolute atomic E-state index is 0.0728. The summed E-state index contributed by atoms with van der Waals surface area (Å²) < 4.78 is 18.7. The average molecular weight is 288 g/mol. The molecule has 0 bridgehead atoms. The number of ether oxygens (including phenoxy) is 4. The second-order valence-electron chi connectivity index (χ2n) is 3.99. The third-order valence-electron chi connectivity index (χ3n) is 2.14. The Kier molecular flexibility index (Phi) is 6.68. The summed E-state index contributed by atoms with van der Waals surface area (Å²) in [6.07, 6.45) is -0.848. The summed E-state index contributed by atoms with van der Waals surface area (Å²) in [5.41, 5.74) is 0. The molecule has 1 heterocycles. The maximum atomic E-state index is 11.2. The van der Waals surface area contributed by atoms with Crippen molar-refractivity contribution in [3.63, 3.8) is 0 Å². The zero-order chi connectivity index (χ0) is 15.0. The standard InChI is InChI=1S/C12H16O8/c1-2-10(14)18-4-8(13)5-19-11(15)3-12(16)20-7-9-6-17-9/h2,8-9,13H,1,3-7H2. The molecule has 0 amide bonds. The molecule has 0 aliphatic carbocycles. The summed E-state index contributed by atoms with van der Waals surface area (Å²) in [6, 6.07) is 0. The van der Waals surface area contributed by atoms with Crippen LogP contribution in [0.1, 0.15) is 6.42 Å². The molecule has 0 spiro atoms. The number of esters is 3. The van der Waals surface area contributed by atoms with Crippen LogP contribution < -0.4 is 0 Å². The lowest BCUT2D eigenvalue weighted by Gasteiger charge is -2.11. The van der Waals surface area contributed by atoms with Gasteiger partial charge in [0.05, 0.1) is 6.61 Å². The van der Waals surface area contributed by atoms with Gasteiger partial charge in [-0.3, -0.25) is 9.59 Å². The van der Waals surface area contributed by atoms with E-state index in [9.17, 15) is 19.5 Å². The smallest absolute Gasteiger partial charge is 0.330 e. The number of hydrogen-bond donors (Lipinski definition) is 1. The van der Waals surface area contributed by atoms with Gasteiger partial charge >= 0.3 is 17.9 Å². The van der Waals surface area contributed by atoms with Gasteiger partial charge in [0.15, 0.2) is 0 Å². The summed E-state index contributed by atoms with van der Waals surface area (Å²) in [4.78, 5) is 33.1. The fourth-order valence-electron chi connectivity index (χ4n) is 1.04. The van der Waals surface area contributed by atoms with Crippen LogP contribution in [0.25, 0.3) is 0 Å². The van der Waals surface area contributed by atoms with Gasteiger partial charge in [-0.2, -0.15) is 0 Å². The highest BCUT2D eigenvalue weighted by atomic mass is 16.6. The van der Waals surface area contributed by atoms with Gasteiger partial charge in [0.2, 0.25) is 0 Å². The maximum absolute atomic E-state index is 11.2. The molecule has 0 radical (unpaired) electrons. The monoisotopic (exact) mass is 288 g/mol. The van der Waals surface area contributed by atoms with Crippen LogP contribution in [0.5, 0.6) is 0 Å². The SMILES string of the molecule is C=CC(=O)OCC(O)COC(=O)CC(=O)OCC1CO1. The first-order valence-electron chi connectivity index (χ1n) is 5.91. The molecule has 1 fully saturated rings. The Morgan fingerprint density at radius 3 is 2.45 bits per heavy atom. The molecule has 112 valence electrons. The quantitative estimate of drug-likeness (QED) is 0.188. The zero-order valence-corrected chi connectivity index (χ0v) is 10.8. The third kappa shape index (κ3) is 7.49. The predicted octanol–water partition coefficient (Wildman–Crippen LogP) is -1.05. The molecule has 1 rings (SSSR count). The van der Waals surface area contributed by atoms with Crippen LogP contribution in [0.3, 0.4) is 0 Å². The lowest BCUT2D eigenvalue weighted by molar-refractivity contribution is -0.157. The van der Waals surface area contributed by atoms with Crippen LogP contribution >= 0.6 is 0 Å². The van der Waals surface area contributed by atoms with Crippen molar-refractivity contribution >= 4 is 17.9 Å². The highest BCUT2D eigenvalue weighted by Crippen LogP contribution is 2.09. The molecular weight excluding hydrogens is 272 g/mol. The molecule has 0 aromatic rings. The molecule has 8 nitrogen and oxygen atoms in total. The van der Waals surface area contributed by atoms with E-state index in [4.69, 9.17) is 9.47 Å². The first-order chi connectivity index (χ1) is 9.51. The molecule has 1 aliphatic heterocycles. The molecule has 1 N–H and O–H groups in total. The van der Waals surface area contributed by atoms with E-state index in [-0.39, 0.29) is 25.9 Å². The van der Waals surface area contributed by atoms with E-state index in [2.05, 4.69) is 16.1 Å². The van der Waals surface area contributed by atoms with Crippen molar-refractivity contribution in [1.29, 1.82) is 0 Å². The van der Waals surface area contributed by atoms with Crippen molar-refractivity contribution in [3.05, 3.63) is 12.7 Å². The van der Waals surface area contributed by atoms with Crippen LogP contribution in [0.15, 0.2) is 12.7 Å². The first-order valence-corrected chi connectivity index (χ1v) is 5.91. The molecule has 8 heteroatoms. The molecule has 1 aliphatic rings. The summed E-state index contributed by atoms with van der Waals surface area (Å²) in [7, 11) is 0. The maximum Gasteiger partial charge on any atom is 0.330 e. The van der Waals surface area contributed by atoms with Crippen LogP contribution in [0.4, 0.5) is 0 Å². The van der Waals surface area contributed by atoms with Gasteiger partial charge in [-0.1, -0.05) is 6.58 Å². The van der Waals surface area contributed by atoms with E-state index in [0.29, 0.717) is 6.61 Å². The van der Waals surface area contributed by atoms with Gasteiger partial charge in [-0.15, -0.1) is 0 Å². The number of hydrogen-bond acceptors (Lipinski definition) is 8. The van der Waals surface area contributed by atoms with Crippen molar-refractivity contribution in [2.75, 3.05) is 26.4 Å². The summed E-state index contributed by atoms with van der Waals surface area (Å²) in [6.45, 7) is 3.13. The van der Waals surface area contributed by atoms with Gasteiger partial charge in [0, 0.05) is 6.08 Å². The molecule has 20 heavy (non-hydrogen) atoms. The molecular formula is C12H16O8. The van der Waals surface area contributed by atoms with E-state index in [1.165, 1.54) is 0 Å². The molecule has 2 unspecified atom stereocenters. The highest BCUT2D eigenvalue weighted by molar-refractivity contribution is 5.91. The predicted molar refractivity (Wildman–Crippen MR) is 63.4 cm³/mol. The van der Waals surface area contributed by atoms with Crippen molar-refractivity contribution in [2.45, 2.75) is 18.6 Å². The first kappa shape index (κ1) is 16.1. The van der Waals surface area contributed by atoms with Crippen LogP contribution in [0.2, 0.25) is 0 Å². The number of carbonyl (C=O) groups is 3. The summed E-state index contributed by atoms with van der Waals surface area (Å²) in [5, 5.41) is 9.34. The van der Waals surface area contributed by atoms with E-state index in [1.807, 2.05) is 0 Å². The number of aliphatic hydroxyl groups is 1. The molecule has 0 aromatic heterocycles. The third-order valence-corrected chi connectivity index (χ3v) is 2.14. The lowest BCUT2D eigenvalue weighted by Crippen LogP contribution is -2.26. The van der Waals surface area contributed by atoms with Crippen LogP contribution in [-0.4, -0.2) is 61.6 Å². The lowest BCUT2D eigenvalue weighted by atomic mass is 10.4. The Bertz CT molecular complexity index is 374. The van der Waals surface area contributed by atoms with Crippen LogP contribution in [-0.2, 0) is 33.3 Å². The van der Waals surface area contributed by atoms with Crippen molar-refractivity contribution in [2.24, 2.45) is 0 Å². The fraction of sp³-hybridized carbons (Fsp3) is 0.583. The normalized spacial score (nSPS) is 17.8. The minimum atomic E-state index is -1.17. The molecule has 0 saturated carbocycles. The minimum Gasteiger partial charge on any atom is -0.462 e. The Labute approximate surface area is 115 Å². The number of rotatable bonds is 9. The van der Waals surface area contributed by atoms with Gasteiger partial charge in [0.1, 0.15) is 38.4 Å². The van der Waals surface area contributed by atoms with E-state index >= 15 is 0 Å². The van der Waals surface area contributed by atoms with Crippen molar-refractivity contribution in [1.82, 2.24) is 0 Å². The molecule has 2 atom stereocenters. The fourth-order valence-corrected chi connectivity index (χ4v) is 1.04. The number of aliphatic hydroxyl groups excluding tert-OH is 1. The Hall–Kier alpha value is -1.93. The Morgan fingerprint density at radius 2 is 1.85 bits per heavy atom. The Morgan fingerprint density at radius 1 is 1.25 bits per heavy atom. The van der Waals surface area contributed by atoms with Gasteiger partial charge in [-0.05, 0) is 0 Å². The number of carbonyl (C=O) groups excluding carboxylic acids is 3. The van der Waals surface area contributed by atoms with Crippen molar-refractivity contribution in [3.8, 4) is 0 Å². The zero-order valence-electron chi connectivity index (χ0n) is 10.8. The summed E-state index contributed by atoms with van der Waals surface area (Å²) in [5.74, 6) is -2.25. The topological polar surface area (TPSA) is 112 Å². The highest BCUT2D eigenvalue weighted by Gasteiger charge is 2.25. The van der Waals surface area contributed by atoms with Gasteiger partial charge in [0.25, 0.3) is 0 Å². The van der Waals surface area contributed by atoms with Gasteiger partial charge in [-0.25, -0.2) is 4.79 Å². The second-order valence-corrected chi connectivity index (χ2v) is 3.99. The van der Waals surface area contributed by atoms with E-state index in [0.717, 1.165) is 6.08 Å². The molecule has 1 saturated heterocycles. The second kappa shape index (κ2) is 8.28. The van der Waals surface area contributed by atoms with E-state index in [1.54, 1.807) is 0 Å². The van der Waals surface area contributed by atoms with Gasteiger partial charge < -0.3 is 24.1 Å². The number of epoxide rings is 1. The van der Waals surface area contributed by atoms with Crippen LogP contribution in [0, 0.1) is 0 Å². The van der Waals surface area contributed by atoms with Crippen molar-refractivity contribution < 1.29 is 38.4 Å².